The molecular formula is C29H33N5O6S. The number of benzene rings is 3. The summed E-state index contributed by atoms with van der Waals surface area (Å²) in [5.74, 6) is -0.958. The van der Waals surface area contributed by atoms with Crippen LogP contribution in [0.2, 0.25) is 0 Å². The van der Waals surface area contributed by atoms with E-state index >= 15 is 0 Å². The molecule has 4 rings (SSSR count). The molecule has 4 N–H and O–H groups in total. The van der Waals surface area contributed by atoms with E-state index in [4.69, 9.17) is 4.74 Å². The Morgan fingerprint density at radius 1 is 1.02 bits per heavy atom. The molecule has 1 atom stereocenters. The number of hydrogen-bond donors (Lipinski definition) is 4. The zero-order valence-corrected chi connectivity index (χ0v) is 23.5. The van der Waals surface area contributed by atoms with Crippen LogP contribution in [0, 0.1) is 0 Å². The largest absolute Gasteiger partial charge is 0.465 e. The Morgan fingerprint density at radius 3 is 2.49 bits per heavy atom. The van der Waals surface area contributed by atoms with Gasteiger partial charge in [-0.2, -0.15) is 4.72 Å². The van der Waals surface area contributed by atoms with Crippen LogP contribution in [0.15, 0.2) is 76.6 Å². The minimum Gasteiger partial charge on any atom is -0.465 e. The van der Waals surface area contributed by atoms with Crippen LogP contribution in [0.25, 0.3) is 10.8 Å². The first-order valence-corrected chi connectivity index (χ1v) is 14.9. The summed E-state index contributed by atoms with van der Waals surface area (Å²) in [6.45, 7) is 2.80. The maximum Gasteiger partial charge on any atom is 0.326 e. The number of ether oxygens (including phenoxy) is 1. The average molecular weight is 580 g/mol. The highest BCUT2D eigenvalue weighted by molar-refractivity contribution is 7.89. The Bertz CT molecular complexity index is 1540. The predicted molar refractivity (Wildman–Crippen MR) is 155 cm³/mol. The van der Waals surface area contributed by atoms with Gasteiger partial charge in [-0.1, -0.05) is 42.5 Å². The number of sulfonamides is 1. The van der Waals surface area contributed by atoms with E-state index in [1.54, 1.807) is 49.4 Å². The summed E-state index contributed by atoms with van der Waals surface area (Å²) in [5.41, 5.74) is 1.18. The smallest absolute Gasteiger partial charge is 0.326 e. The first-order chi connectivity index (χ1) is 19.7. The van der Waals surface area contributed by atoms with Gasteiger partial charge < -0.3 is 15.4 Å². The normalized spacial score (nSPS) is 13.9. The number of nitrogens with one attached hydrogen (secondary N) is 4. The fourth-order valence-corrected chi connectivity index (χ4v) is 5.41. The van der Waals surface area contributed by atoms with Gasteiger partial charge in [0.15, 0.2) is 5.96 Å². The van der Waals surface area contributed by atoms with E-state index < -0.39 is 27.9 Å². The monoisotopic (exact) mass is 579 g/mol. The van der Waals surface area contributed by atoms with Crippen molar-refractivity contribution >= 4 is 44.5 Å². The maximum absolute atomic E-state index is 13.1. The lowest BCUT2D eigenvalue weighted by atomic mass is 10.1. The van der Waals surface area contributed by atoms with Crippen LogP contribution >= 0.6 is 0 Å². The van der Waals surface area contributed by atoms with Crippen LogP contribution < -0.4 is 20.7 Å². The molecule has 3 aromatic carbocycles. The summed E-state index contributed by atoms with van der Waals surface area (Å²) in [6.07, 6.45) is 1.66. The molecular weight excluding hydrogens is 546 g/mol. The molecule has 0 radical (unpaired) electrons. The second-order valence-electron chi connectivity index (χ2n) is 9.40. The number of fused-ring (bicyclic) bond motifs is 1. The van der Waals surface area contributed by atoms with Gasteiger partial charge in [0.1, 0.15) is 6.04 Å². The van der Waals surface area contributed by atoms with Crippen LogP contribution in [0.1, 0.15) is 35.7 Å². The lowest BCUT2D eigenvalue weighted by Crippen LogP contribution is -2.49. The molecule has 0 spiro atoms. The Labute approximate surface area is 238 Å². The fraction of sp³-hybridized carbons (Fsp3) is 0.310. The number of aliphatic imine (C=N–C) groups is 1. The van der Waals surface area contributed by atoms with Gasteiger partial charge >= 0.3 is 5.97 Å². The topological polar surface area (TPSA) is 155 Å². The molecule has 0 saturated carbocycles. The number of amides is 2. The van der Waals surface area contributed by atoms with Crippen molar-refractivity contribution in [1.82, 2.24) is 20.7 Å². The van der Waals surface area contributed by atoms with Crippen molar-refractivity contribution in [1.29, 1.82) is 0 Å². The number of nitrogens with zero attached hydrogens (tertiary/aromatic N) is 1. The third-order valence-electron chi connectivity index (χ3n) is 6.38. The highest BCUT2D eigenvalue weighted by Crippen LogP contribution is 2.19. The van der Waals surface area contributed by atoms with Gasteiger partial charge in [-0.15, -0.1) is 0 Å². The van der Waals surface area contributed by atoms with Gasteiger partial charge in [0.05, 0.1) is 11.5 Å². The van der Waals surface area contributed by atoms with Crippen molar-refractivity contribution in [2.75, 3.05) is 26.2 Å². The number of carbonyl (C=O) groups excluding carboxylic acids is 3. The highest BCUT2D eigenvalue weighted by atomic mass is 32.2. The first-order valence-electron chi connectivity index (χ1n) is 13.4. The highest BCUT2D eigenvalue weighted by Gasteiger charge is 2.27. The zero-order chi connectivity index (χ0) is 29.2. The molecule has 1 aliphatic rings. The van der Waals surface area contributed by atoms with Crippen molar-refractivity contribution in [2.24, 2.45) is 4.99 Å². The molecule has 41 heavy (non-hydrogen) atoms. The second-order valence-corrected chi connectivity index (χ2v) is 11.1. The Balaban J connectivity index is 1.34. The molecule has 11 nitrogen and oxygen atoms in total. The molecule has 0 unspecified atom stereocenters. The third kappa shape index (κ3) is 8.35. The minimum atomic E-state index is -4.10. The first kappa shape index (κ1) is 29.7. The van der Waals surface area contributed by atoms with E-state index in [-0.39, 0.29) is 30.4 Å². The fourth-order valence-electron chi connectivity index (χ4n) is 4.19. The lowest BCUT2D eigenvalue weighted by Gasteiger charge is -2.18. The van der Waals surface area contributed by atoms with Crippen LogP contribution in [0.5, 0.6) is 0 Å². The van der Waals surface area contributed by atoms with E-state index in [1.165, 1.54) is 12.1 Å². The van der Waals surface area contributed by atoms with Crippen molar-refractivity contribution in [3.8, 4) is 0 Å². The third-order valence-corrected chi connectivity index (χ3v) is 7.85. The molecule has 0 bridgehead atoms. The standard InChI is InChI=1S/C29H33N5O6S/c1-2-40-28(37)25(34-41(38,39)24-14-13-21-6-3-4-7-23(21)18-24)19-32-27(36)22-11-8-20(9-12-22)10-15-26(35)33-29-30-16-5-17-31-29/h3-4,6-9,11-14,18,25,34H,2,5,10,15-17,19H2,1H3,(H,32,36)(H2,30,31,33,35)/t25-/m0/s1. The molecule has 1 heterocycles. The van der Waals surface area contributed by atoms with Crippen molar-refractivity contribution in [3.63, 3.8) is 0 Å². The molecule has 1 aliphatic heterocycles. The SMILES string of the molecule is CCOC(=O)[C@H](CNC(=O)c1ccc(CCC(=O)NC2=NCCCN2)cc1)NS(=O)(=O)c1ccc2ccccc2c1. The molecule has 0 aromatic heterocycles. The number of hydrogen-bond acceptors (Lipinski definition) is 8. The number of carbonyl (C=O) groups is 3. The second kappa shape index (κ2) is 13.9. The van der Waals surface area contributed by atoms with E-state index in [2.05, 4.69) is 25.7 Å². The van der Waals surface area contributed by atoms with Crippen LogP contribution in [0.3, 0.4) is 0 Å². The predicted octanol–water partition coefficient (Wildman–Crippen LogP) is 1.88. The van der Waals surface area contributed by atoms with Gasteiger partial charge in [0, 0.05) is 31.6 Å². The van der Waals surface area contributed by atoms with Gasteiger partial charge in [-0.3, -0.25) is 24.7 Å². The molecule has 0 fully saturated rings. The van der Waals surface area contributed by atoms with Crippen molar-refractivity contribution < 1.29 is 27.5 Å². The average Bonchev–Trinajstić information content (AvgIpc) is 2.98. The Morgan fingerprint density at radius 2 is 1.78 bits per heavy atom. The Hall–Kier alpha value is -4.29. The molecule has 12 heteroatoms. The summed E-state index contributed by atoms with van der Waals surface area (Å²) >= 11 is 0. The van der Waals surface area contributed by atoms with Crippen LogP contribution in [-0.2, 0) is 30.8 Å². The van der Waals surface area contributed by atoms with E-state index in [0.717, 1.165) is 29.3 Å². The quantitative estimate of drug-likeness (QED) is 0.253. The van der Waals surface area contributed by atoms with E-state index in [1.807, 2.05) is 12.1 Å². The number of rotatable bonds is 11. The van der Waals surface area contributed by atoms with Gasteiger partial charge in [0.2, 0.25) is 15.9 Å². The van der Waals surface area contributed by atoms with Crippen molar-refractivity contribution in [2.45, 2.75) is 37.1 Å². The maximum atomic E-state index is 13.1. The summed E-state index contributed by atoms with van der Waals surface area (Å²) in [6, 6.07) is 17.3. The molecule has 2 amide bonds. The summed E-state index contributed by atoms with van der Waals surface area (Å²) in [7, 11) is -4.10. The number of esters is 1. The van der Waals surface area contributed by atoms with Crippen LogP contribution in [0.4, 0.5) is 0 Å². The lowest BCUT2D eigenvalue weighted by molar-refractivity contribution is -0.144. The zero-order valence-electron chi connectivity index (χ0n) is 22.7. The summed E-state index contributed by atoms with van der Waals surface area (Å²) in [5, 5.41) is 10.00. The van der Waals surface area contributed by atoms with E-state index in [9.17, 15) is 22.8 Å². The molecule has 0 aliphatic carbocycles. The molecule has 0 saturated heterocycles. The Kier molecular flexibility index (Phi) is 10.0. The molecule has 3 aromatic rings. The number of aryl methyl sites for hydroxylation is 1. The minimum absolute atomic E-state index is 0.0101. The van der Waals surface area contributed by atoms with E-state index in [0.29, 0.717) is 24.5 Å². The van der Waals surface area contributed by atoms with Crippen molar-refractivity contribution in [3.05, 3.63) is 77.9 Å². The van der Waals surface area contributed by atoms with Gasteiger partial charge in [-0.25, -0.2) is 8.42 Å². The summed E-state index contributed by atoms with van der Waals surface area (Å²) in [4.78, 5) is 41.7. The van der Waals surface area contributed by atoms with Gasteiger partial charge in [0.25, 0.3) is 5.91 Å². The summed E-state index contributed by atoms with van der Waals surface area (Å²) < 4.78 is 33.6. The van der Waals surface area contributed by atoms with Gasteiger partial charge in [-0.05, 0) is 60.4 Å². The number of guanidine groups is 1. The van der Waals surface area contributed by atoms with Crippen LogP contribution in [-0.4, -0.2) is 64.4 Å². The molecule has 216 valence electrons.